The van der Waals surface area contributed by atoms with Gasteiger partial charge in [-0.2, -0.15) is 0 Å². The van der Waals surface area contributed by atoms with Crippen molar-refractivity contribution < 1.29 is 14.1 Å². The molecule has 1 fully saturated rings. The second-order valence-electron chi connectivity index (χ2n) is 5.33. The topological polar surface area (TPSA) is 55.6 Å². The third-order valence-corrected chi connectivity index (χ3v) is 5.01. The van der Waals surface area contributed by atoms with Crippen molar-refractivity contribution in [2.24, 2.45) is 0 Å². The standard InChI is InChI=1S/C17H17ClN2O3S/c1-11-13(12(2)23-19-11)9-17-20(7-8-24-17)16(21)10-22-15-6-4-3-5-14(15)18/h3-6,9H,7-8,10H2,1-2H3/b17-9+. The first-order valence-corrected chi connectivity index (χ1v) is 8.87. The molecule has 0 atom stereocenters. The molecule has 0 bridgehead atoms. The molecule has 1 aromatic heterocycles. The van der Waals surface area contributed by atoms with Crippen molar-refractivity contribution in [1.82, 2.24) is 10.1 Å². The first kappa shape index (κ1) is 16.9. The molecule has 0 unspecified atom stereocenters. The Morgan fingerprint density at radius 1 is 1.46 bits per heavy atom. The Kier molecular flexibility index (Phi) is 5.16. The third-order valence-electron chi connectivity index (χ3n) is 3.68. The zero-order valence-corrected chi connectivity index (χ0v) is 15.0. The number of carbonyl (C=O) groups is 1. The summed E-state index contributed by atoms with van der Waals surface area (Å²) in [5, 5.41) is 5.32. The van der Waals surface area contributed by atoms with Crippen LogP contribution in [-0.4, -0.2) is 34.9 Å². The van der Waals surface area contributed by atoms with E-state index in [1.165, 1.54) is 0 Å². The van der Waals surface area contributed by atoms with Gasteiger partial charge in [0.2, 0.25) is 0 Å². The van der Waals surface area contributed by atoms with Gasteiger partial charge in [-0.3, -0.25) is 4.79 Å². The van der Waals surface area contributed by atoms with Crippen LogP contribution in [-0.2, 0) is 4.79 Å². The van der Waals surface area contributed by atoms with Crippen LogP contribution in [0.2, 0.25) is 5.02 Å². The molecule has 0 radical (unpaired) electrons. The summed E-state index contributed by atoms with van der Waals surface area (Å²) in [6, 6.07) is 7.11. The lowest BCUT2D eigenvalue weighted by atomic mass is 10.2. The summed E-state index contributed by atoms with van der Waals surface area (Å²) in [5.41, 5.74) is 1.73. The number of aromatic nitrogens is 1. The number of thioether (sulfide) groups is 1. The van der Waals surface area contributed by atoms with Crippen molar-refractivity contribution in [3.05, 3.63) is 51.3 Å². The zero-order valence-electron chi connectivity index (χ0n) is 13.4. The summed E-state index contributed by atoms with van der Waals surface area (Å²) >= 11 is 7.68. The van der Waals surface area contributed by atoms with Gasteiger partial charge in [0.1, 0.15) is 11.5 Å². The number of carbonyl (C=O) groups excluding carboxylic acids is 1. The Balaban J connectivity index is 1.71. The van der Waals surface area contributed by atoms with Crippen LogP contribution in [0.5, 0.6) is 5.75 Å². The van der Waals surface area contributed by atoms with Gasteiger partial charge in [0.15, 0.2) is 6.61 Å². The van der Waals surface area contributed by atoms with Gasteiger partial charge in [-0.05, 0) is 32.1 Å². The van der Waals surface area contributed by atoms with Gasteiger partial charge >= 0.3 is 0 Å². The van der Waals surface area contributed by atoms with Crippen molar-refractivity contribution in [3.63, 3.8) is 0 Å². The van der Waals surface area contributed by atoms with E-state index in [0.29, 0.717) is 17.3 Å². The van der Waals surface area contributed by atoms with Crippen molar-refractivity contribution in [1.29, 1.82) is 0 Å². The molecule has 3 rings (SSSR count). The quantitative estimate of drug-likeness (QED) is 0.823. The molecule has 0 saturated carbocycles. The molecule has 1 aromatic carbocycles. The third kappa shape index (κ3) is 3.60. The molecule has 1 saturated heterocycles. The number of nitrogens with zero attached hydrogens (tertiary/aromatic N) is 2. The lowest BCUT2D eigenvalue weighted by Crippen LogP contribution is -2.31. The minimum Gasteiger partial charge on any atom is -0.482 e. The van der Waals surface area contributed by atoms with Gasteiger partial charge in [0.05, 0.1) is 15.7 Å². The number of para-hydroxylation sites is 1. The normalized spacial score (nSPS) is 16.0. The number of rotatable bonds is 4. The smallest absolute Gasteiger partial charge is 0.265 e. The Morgan fingerprint density at radius 2 is 2.25 bits per heavy atom. The SMILES string of the molecule is Cc1noc(C)c1/C=C1/SCCN1C(=O)COc1ccccc1Cl. The molecule has 2 heterocycles. The van der Waals surface area contributed by atoms with Crippen LogP contribution in [0.4, 0.5) is 0 Å². The first-order chi connectivity index (χ1) is 11.6. The molecule has 1 aliphatic heterocycles. The number of halogens is 1. The molecule has 2 aromatic rings. The summed E-state index contributed by atoms with van der Waals surface area (Å²) in [5.74, 6) is 2.01. The van der Waals surface area contributed by atoms with E-state index in [1.54, 1.807) is 28.8 Å². The molecule has 0 aliphatic carbocycles. The molecule has 0 spiro atoms. The van der Waals surface area contributed by atoms with Crippen LogP contribution >= 0.6 is 23.4 Å². The van der Waals surface area contributed by atoms with Crippen LogP contribution in [0.25, 0.3) is 6.08 Å². The lowest BCUT2D eigenvalue weighted by Gasteiger charge is -2.17. The number of aryl methyl sites for hydroxylation is 2. The van der Waals surface area contributed by atoms with Crippen molar-refractivity contribution in [3.8, 4) is 5.75 Å². The van der Waals surface area contributed by atoms with Crippen LogP contribution in [0.15, 0.2) is 33.8 Å². The fourth-order valence-corrected chi connectivity index (χ4v) is 3.62. The Bertz CT molecular complexity index is 768. The van der Waals surface area contributed by atoms with Crippen molar-refractivity contribution in [2.45, 2.75) is 13.8 Å². The highest BCUT2D eigenvalue weighted by Crippen LogP contribution is 2.31. The minimum atomic E-state index is -0.0991. The fraction of sp³-hybridized carbons (Fsp3) is 0.294. The summed E-state index contributed by atoms with van der Waals surface area (Å²) in [7, 11) is 0. The Hall–Kier alpha value is -1.92. The largest absolute Gasteiger partial charge is 0.482 e. The van der Waals surface area contributed by atoms with Gasteiger partial charge in [-0.1, -0.05) is 28.9 Å². The van der Waals surface area contributed by atoms with Gasteiger partial charge < -0.3 is 14.2 Å². The average Bonchev–Trinajstić information content (AvgIpc) is 3.16. The molecular formula is C17H17ClN2O3S. The fourth-order valence-electron chi connectivity index (χ4n) is 2.40. The summed E-state index contributed by atoms with van der Waals surface area (Å²) in [6.07, 6.45) is 1.95. The van der Waals surface area contributed by atoms with Gasteiger partial charge in [-0.25, -0.2) is 0 Å². The van der Waals surface area contributed by atoms with Gasteiger partial charge in [0.25, 0.3) is 5.91 Å². The van der Waals surface area contributed by atoms with E-state index in [0.717, 1.165) is 27.8 Å². The molecule has 5 nitrogen and oxygen atoms in total. The highest BCUT2D eigenvalue weighted by Gasteiger charge is 2.25. The van der Waals surface area contributed by atoms with E-state index in [4.69, 9.17) is 20.9 Å². The van der Waals surface area contributed by atoms with E-state index < -0.39 is 0 Å². The lowest BCUT2D eigenvalue weighted by molar-refractivity contribution is -0.130. The number of hydrogen-bond donors (Lipinski definition) is 0. The van der Waals surface area contributed by atoms with Gasteiger partial charge in [-0.15, -0.1) is 11.8 Å². The zero-order chi connectivity index (χ0) is 17.1. The molecule has 1 aliphatic rings. The van der Waals surface area contributed by atoms with Crippen LogP contribution in [0, 0.1) is 13.8 Å². The van der Waals surface area contributed by atoms with Gasteiger partial charge in [0, 0.05) is 17.9 Å². The number of benzene rings is 1. The van der Waals surface area contributed by atoms with E-state index in [2.05, 4.69) is 5.16 Å². The predicted molar refractivity (Wildman–Crippen MR) is 95.1 cm³/mol. The Morgan fingerprint density at radius 3 is 2.96 bits per heavy atom. The van der Waals surface area contributed by atoms with Crippen molar-refractivity contribution in [2.75, 3.05) is 18.9 Å². The summed E-state index contributed by atoms with van der Waals surface area (Å²) in [6.45, 7) is 4.35. The molecule has 0 N–H and O–H groups in total. The first-order valence-electron chi connectivity index (χ1n) is 7.51. The van der Waals surface area contributed by atoms with E-state index in [9.17, 15) is 4.79 Å². The molecule has 7 heteroatoms. The maximum absolute atomic E-state index is 12.5. The molecule has 24 heavy (non-hydrogen) atoms. The summed E-state index contributed by atoms with van der Waals surface area (Å²) < 4.78 is 10.7. The minimum absolute atomic E-state index is 0.0523. The van der Waals surface area contributed by atoms with E-state index in [-0.39, 0.29) is 12.5 Å². The second-order valence-corrected chi connectivity index (χ2v) is 6.86. The Labute approximate surface area is 149 Å². The van der Waals surface area contributed by atoms with Crippen LogP contribution in [0.1, 0.15) is 17.0 Å². The maximum Gasteiger partial charge on any atom is 0.265 e. The summed E-state index contributed by atoms with van der Waals surface area (Å²) in [4.78, 5) is 14.2. The number of amides is 1. The molecular weight excluding hydrogens is 348 g/mol. The molecule has 1 amide bonds. The highest BCUT2D eigenvalue weighted by atomic mass is 35.5. The number of hydrogen-bond acceptors (Lipinski definition) is 5. The second kappa shape index (κ2) is 7.32. The highest BCUT2D eigenvalue weighted by molar-refractivity contribution is 8.03. The van der Waals surface area contributed by atoms with Crippen LogP contribution < -0.4 is 4.74 Å². The average molecular weight is 365 g/mol. The monoisotopic (exact) mass is 364 g/mol. The van der Waals surface area contributed by atoms with Crippen LogP contribution in [0.3, 0.4) is 0 Å². The van der Waals surface area contributed by atoms with Crippen molar-refractivity contribution >= 4 is 35.3 Å². The van der Waals surface area contributed by atoms with E-state index in [1.807, 2.05) is 32.1 Å². The number of ether oxygens (including phenoxy) is 1. The maximum atomic E-state index is 12.5. The predicted octanol–water partition coefficient (Wildman–Crippen LogP) is 3.90. The molecule has 126 valence electrons. The van der Waals surface area contributed by atoms with E-state index >= 15 is 0 Å².